The van der Waals surface area contributed by atoms with Crippen LogP contribution in [0.25, 0.3) is 11.1 Å². The van der Waals surface area contributed by atoms with Gasteiger partial charge in [0.25, 0.3) is 11.8 Å². The van der Waals surface area contributed by atoms with Crippen LogP contribution in [0.3, 0.4) is 0 Å². The van der Waals surface area contributed by atoms with Gasteiger partial charge in [0.2, 0.25) is 0 Å². The van der Waals surface area contributed by atoms with E-state index in [1.165, 1.54) is 6.07 Å². The van der Waals surface area contributed by atoms with Crippen LogP contribution in [0.15, 0.2) is 18.2 Å². The lowest BCUT2D eigenvalue weighted by molar-refractivity contribution is -0.110. The molecule has 1 aromatic carbocycles. The van der Waals surface area contributed by atoms with Gasteiger partial charge in [0.05, 0.1) is 30.0 Å². The number of aryl methyl sites for hydroxylation is 1. The molecule has 1 aliphatic carbocycles. The van der Waals surface area contributed by atoms with Gasteiger partial charge in [-0.15, -0.1) is 0 Å². The summed E-state index contributed by atoms with van der Waals surface area (Å²) < 4.78 is 19.6. The molecular formula is C24H27FN4O3. The quantitative estimate of drug-likeness (QED) is 0.641. The van der Waals surface area contributed by atoms with E-state index < -0.39 is 5.82 Å². The Morgan fingerprint density at radius 2 is 2.06 bits per heavy atom. The van der Waals surface area contributed by atoms with Crippen LogP contribution in [0.4, 0.5) is 10.1 Å². The maximum absolute atomic E-state index is 14.2. The molecule has 0 atom stereocenters. The van der Waals surface area contributed by atoms with Crippen molar-refractivity contribution in [2.24, 2.45) is 0 Å². The number of halogens is 1. The van der Waals surface area contributed by atoms with E-state index in [-0.39, 0.29) is 17.5 Å². The molecule has 7 nitrogen and oxygen atoms in total. The number of H-pyrrole nitrogens is 1. The predicted octanol–water partition coefficient (Wildman–Crippen LogP) is 2.72. The van der Waals surface area contributed by atoms with Gasteiger partial charge >= 0.3 is 0 Å². The Balaban J connectivity index is 1.43. The van der Waals surface area contributed by atoms with Crippen molar-refractivity contribution < 1.29 is 18.7 Å². The summed E-state index contributed by atoms with van der Waals surface area (Å²) in [5.74, 6) is -0.830. The molecule has 3 heterocycles. The Bertz CT molecular complexity index is 1110. The Labute approximate surface area is 186 Å². The Morgan fingerprint density at radius 3 is 2.88 bits per heavy atom. The van der Waals surface area contributed by atoms with E-state index >= 15 is 0 Å². The highest BCUT2D eigenvalue weighted by molar-refractivity contribution is 6.37. The van der Waals surface area contributed by atoms with Crippen LogP contribution < -0.4 is 10.6 Å². The number of hydrogen-bond acceptors (Lipinski definition) is 4. The van der Waals surface area contributed by atoms with Gasteiger partial charge in [0, 0.05) is 43.1 Å². The molecule has 1 aromatic heterocycles. The number of allylic oxidation sites excluding steroid dienone is 1. The minimum Gasteiger partial charge on any atom is -0.379 e. The summed E-state index contributed by atoms with van der Waals surface area (Å²) in [5, 5.41) is 5.72. The molecule has 3 aliphatic rings. The maximum Gasteiger partial charge on any atom is 0.256 e. The first-order valence-corrected chi connectivity index (χ1v) is 11.2. The topological polar surface area (TPSA) is 86.5 Å². The number of anilines is 1. The van der Waals surface area contributed by atoms with E-state index in [2.05, 4.69) is 20.5 Å². The number of carbonyl (C=O) groups is 2. The highest BCUT2D eigenvalue weighted by Crippen LogP contribution is 2.43. The molecule has 0 spiro atoms. The molecule has 2 amide bonds. The first-order chi connectivity index (χ1) is 15.5. The van der Waals surface area contributed by atoms with Crippen molar-refractivity contribution in [1.29, 1.82) is 0 Å². The molecule has 0 bridgehead atoms. The number of amides is 2. The van der Waals surface area contributed by atoms with Crippen LogP contribution in [0.5, 0.6) is 0 Å². The van der Waals surface area contributed by atoms with Gasteiger partial charge in [-0.1, -0.05) is 12.1 Å². The van der Waals surface area contributed by atoms with Crippen molar-refractivity contribution in [2.75, 3.05) is 44.7 Å². The molecule has 32 heavy (non-hydrogen) atoms. The minimum absolute atomic E-state index is 0.0955. The summed E-state index contributed by atoms with van der Waals surface area (Å²) in [5.41, 5.74) is 5.39. The third-order valence-corrected chi connectivity index (χ3v) is 6.54. The number of rotatable bonds is 4. The van der Waals surface area contributed by atoms with Gasteiger partial charge in [-0.2, -0.15) is 0 Å². The highest BCUT2D eigenvalue weighted by Gasteiger charge is 2.34. The number of ether oxygens (including phenoxy) is 1. The SMILES string of the molecule is Cc1[nH]c2c(c1C(=O)NCCN1CCOCC1)CCC/C2=C1/C(=O)Nc2c(F)cccc21. The van der Waals surface area contributed by atoms with Crippen LogP contribution in [-0.2, 0) is 16.0 Å². The molecule has 2 aromatic rings. The zero-order valence-electron chi connectivity index (χ0n) is 18.1. The lowest BCUT2D eigenvalue weighted by atomic mass is 9.86. The fourth-order valence-electron chi connectivity index (χ4n) is 5.01. The van der Waals surface area contributed by atoms with Crippen LogP contribution >= 0.6 is 0 Å². The third kappa shape index (κ3) is 3.63. The van der Waals surface area contributed by atoms with Crippen molar-refractivity contribution in [1.82, 2.24) is 15.2 Å². The van der Waals surface area contributed by atoms with Crippen LogP contribution in [-0.4, -0.2) is 61.1 Å². The van der Waals surface area contributed by atoms with Crippen molar-refractivity contribution in [2.45, 2.75) is 26.2 Å². The molecule has 0 saturated carbocycles. The standard InChI is InChI=1S/C24H27FN4O3/c1-14-19(23(30)26-8-9-29-10-12-32-13-11-29)15-4-2-5-16(21(15)27-14)20-17-6-3-7-18(25)22(17)28-24(20)31/h3,6-7,27H,2,4-5,8-13H2,1H3,(H,26,30)(H,28,31)/b20-16-. The van der Waals surface area contributed by atoms with E-state index in [9.17, 15) is 14.0 Å². The number of hydrogen-bond donors (Lipinski definition) is 3. The Hall–Kier alpha value is -2.97. The second kappa shape index (κ2) is 8.52. The summed E-state index contributed by atoms with van der Waals surface area (Å²) >= 11 is 0. The first-order valence-electron chi connectivity index (χ1n) is 11.2. The van der Waals surface area contributed by atoms with Crippen molar-refractivity contribution >= 4 is 28.6 Å². The van der Waals surface area contributed by atoms with Gasteiger partial charge in [-0.3, -0.25) is 14.5 Å². The van der Waals surface area contributed by atoms with Crippen LogP contribution in [0.1, 0.15) is 45.7 Å². The third-order valence-electron chi connectivity index (χ3n) is 6.54. The smallest absolute Gasteiger partial charge is 0.256 e. The number of aromatic nitrogens is 1. The molecule has 2 aliphatic heterocycles. The fraction of sp³-hybridized carbons (Fsp3) is 0.417. The molecule has 3 N–H and O–H groups in total. The molecule has 0 unspecified atom stereocenters. The van der Waals surface area contributed by atoms with Gasteiger partial charge in [-0.25, -0.2) is 4.39 Å². The second-order valence-electron chi connectivity index (χ2n) is 8.51. The largest absolute Gasteiger partial charge is 0.379 e. The molecule has 1 saturated heterocycles. The molecule has 1 fully saturated rings. The number of benzene rings is 1. The molecular weight excluding hydrogens is 411 g/mol. The summed E-state index contributed by atoms with van der Waals surface area (Å²) in [6, 6.07) is 4.73. The minimum atomic E-state index is -0.439. The summed E-state index contributed by atoms with van der Waals surface area (Å²) in [6.45, 7) is 6.48. The number of nitrogens with one attached hydrogen (secondary N) is 3. The molecule has 8 heteroatoms. The summed E-state index contributed by atoms with van der Waals surface area (Å²) in [6.07, 6.45) is 2.29. The monoisotopic (exact) mass is 438 g/mol. The van der Waals surface area contributed by atoms with Gasteiger partial charge < -0.3 is 20.4 Å². The summed E-state index contributed by atoms with van der Waals surface area (Å²) in [7, 11) is 0. The molecule has 5 rings (SSSR count). The van der Waals surface area contributed by atoms with Crippen LogP contribution in [0.2, 0.25) is 0 Å². The predicted molar refractivity (Wildman–Crippen MR) is 120 cm³/mol. The first kappa shape index (κ1) is 20.9. The number of carbonyl (C=O) groups excluding carboxylic acids is 2. The number of morpholine rings is 1. The lowest BCUT2D eigenvalue weighted by Crippen LogP contribution is -2.41. The normalized spacial score (nSPS) is 20.6. The Kier molecular flexibility index (Phi) is 5.57. The van der Waals surface area contributed by atoms with Gasteiger partial charge in [-0.05, 0) is 43.4 Å². The lowest BCUT2D eigenvalue weighted by Gasteiger charge is -2.26. The van der Waals surface area contributed by atoms with E-state index in [1.807, 2.05) is 6.92 Å². The van der Waals surface area contributed by atoms with E-state index in [4.69, 9.17) is 4.74 Å². The maximum atomic E-state index is 14.2. The van der Waals surface area contributed by atoms with Crippen LogP contribution in [0, 0.1) is 12.7 Å². The van der Waals surface area contributed by atoms with Gasteiger partial charge in [0.15, 0.2) is 0 Å². The molecule has 0 radical (unpaired) electrons. The zero-order valence-corrected chi connectivity index (χ0v) is 18.1. The number of nitrogens with zero attached hydrogens (tertiary/aromatic N) is 1. The highest BCUT2D eigenvalue weighted by atomic mass is 19.1. The number of para-hydroxylation sites is 1. The van der Waals surface area contributed by atoms with Crippen molar-refractivity contribution in [3.05, 3.63) is 52.1 Å². The number of aromatic amines is 1. The Morgan fingerprint density at radius 1 is 1.25 bits per heavy atom. The summed E-state index contributed by atoms with van der Waals surface area (Å²) in [4.78, 5) is 31.5. The average molecular weight is 439 g/mol. The number of fused-ring (bicyclic) bond motifs is 2. The fourth-order valence-corrected chi connectivity index (χ4v) is 5.01. The average Bonchev–Trinajstić information content (AvgIpc) is 3.31. The second-order valence-corrected chi connectivity index (χ2v) is 8.51. The van der Waals surface area contributed by atoms with Gasteiger partial charge in [0.1, 0.15) is 5.82 Å². The van der Waals surface area contributed by atoms with E-state index in [0.717, 1.165) is 68.2 Å². The van der Waals surface area contributed by atoms with Crippen molar-refractivity contribution in [3.8, 4) is 0 Å². The van der Waals surface area contributed by atoms with Crippen molar-refractivity contribution in [3.63, 3.8) is 0 Å². The zero-order chi connectivity index (χ0) is 22.2. The van der Waals surface area contributed by atoms with E-state index in [1.54, 1.807) is 12.1 Å². The molecule has 168 valence electrons. The van der Waals surface area contributed by atoms with E-state index in [0.29, 0.717) is 29.7 Å².